The van der Waals surface area contributed by atoms with Gasteiger partial charge < -0.3 is 15.0 Å². The van der Waals surface area contributed by atoms with Crippen molar-refractivity contribution in [1.29, 1.82) is 0 Å². The van der Waals surface area contributed by atoms with Crippen LogP contribution in [0.4, 0.5) is 0 Å². The van der Waals surface area contributed by atoms with Crippen LogP contribution in [0.25, 0.3) is 10.9 Å². The van der Waals surface area contributed by atoms with Crippen LogP contribution < -0.4 is 10.5 Å². The quantitative estimate of drug-likeness (QED) is 0.795. The SMILES string of the molecule is COc1cc(Cn2ccc3c(C)cccc32)ccc1CN. The highest BCUT2D eigenvalue weighted by Crippen LogP contribution is 2.23. The Bertz CT molecular complexity index is 774. The van der Waals surface area contributed by atoms with Crippen LogP contribution in [0.3, 0.4) is 0 Å². The fourth-order valence-electron chi connectivity index (χ4n) is 2.77. The highest BCUT2D eigenvalue weighted by Gasteiger charge is 2.06. The van der Waals surface area contributed by atoms with Crippen LogP contribution in [0.1, 0.15) is 16.7 Å². The summed E-state index contributed by atoms with van der Waals surface area (Å²) in [6.45, 7) is 3.47. The van der Waals surface area contributed by atoms with Crippen molar-refractivity contribution in [3.8, 4) is 5.75 Å². The number of nitrogens with two attached hydrogens (primary N) is 1. The molecule has 3 nitrogen and oxygen atoms in total. The first kappa shape index (κ1) is 13.7. The van der Waals surface area contributed by atoms with Gasteiger partial charge >= 0.3 is 0 Å². The summed E-state index contributed by atoms with van der Waals surface area (Å²) in [5, 5.41) is 1.31. The van der Waals surface area contributed by atoms with Crippen molar-refractivity contribution in [2.75, 3.05) is 7.11 Å². The second kappa shape index (κ2) is 5.62. The summed E-state index contributed by atoms with van der Waals surface area (Å²) in [5.74, 6) is 0.864. The molecule has 0 fully saturated rings. The Labute approximate surface area is 125 Å². The summed E-state index contributed by atoms with van der Waals surface area (Å²) in [4.78, 5) is 0. The lowest BCUT2D eigenvalue weighted by Gasteiger charge is -2.11. The average Bonchev–Trinajstić information content (AvgIpc) is 2.92. The fraction of sp³-hybridized carbons (Fsp3) is 0.222. The Morgan fingerprint density at radius 1 is 1.14 bits per heavy atom. The zero-order valence-electron chi connectivity index (χ0n) is 12.5. The fourth-order valence-corrected chi connectivity index (χ4v) is 2.77. The topological polar surface area (TPSA) is 40.2 Å². The standard InChI is InChI=1S/C18H20N2O/c1-13-4-3-5-17-16(13)8-9-20(17)12-14-6-7-15(11-19)18(10-14)21-2/h3-10H,11-12,19H2,1-2H3. The summed E-state index contributed by atoms with van der Waals surface area (Å²) >= 11 is 0. The molecule has 1 aromatic heterocycles. The second-order valence-electron chi connectivity index (χ2n) is 5.30. The van der Waals surface area contributed by atoms with Gasteiger partial charge in [-0.3, -0.25) is 0 Å². The lowest BCUT2D eigenvalue weighted by atomic mass is 10.1. The van der Waals surface area contributed by atoms with Gasteiger partial charge in [0.25, 0.3) is 0 Å². The van der Waals surface area contributed by atoms with Crippen molar-refractivity contribution in [2.24, 2.45) is 5.73 Å². The molecule has 1 heterocycles. The number of aryl methyl sites for hydroxylation is 1. The van der Waals surface area contributed by atoms with Crippen LogP contribution in [-0.2, 0) is 13.1 Å². The first-order valence-corrected chi connectivity index (χ1v) is 7.13. The number of hydrogen-bond donors (Lipinski definition) is 1. The molecule has 0 aliphatic heterocycles. The molecule has 21 heavy (non-hydrogen) atoms. The minimum Gasteiger partial charge on any atom is -0.496 e. The van der Waals surface area contributed by atoms with Crippen molar-refractivity contribution in [3.63, 3.8) is 0 Å². The Balaban J connectivity index is 1.97. The van der Waals surface area contributed by atoms with Gasteiger partial charge in [0, 0.05) is 35.8 Å². The normalized spacial score (nSPS) is 11.0. The van der Waals surface area contributed by atoms with Gasteiger partial charge in [0.05, 0.1) is 7.11 Å². The van der Waals surface area contributed by atoms with Crippen molar-refractivity contribution in [2.45, 2.75) is 20.0 Å². The molecule has 0 saturated heterocycles. The molecule has 3 rings (SSSR count). The van der Waals surface area contributed by atoms with Gasteiger partial charge in [0.1, 0.15) is 5.75 Å². The summed E-state index contributed by atoms with van der Waals surface area (Å²) in [6.07, 6.45) is 2.14. The number of fused-ring (bicyclic) bond motifs is 1. The van der Waals surface area contributed by atoms with Crippen molar-refractivity contribution < 1.29 is 4.74 Å². The maximum absolute atomic E-state index is 5.72. The minimum atomic E-state index is 0.495. The van der Waals surface area contributed by atoms with Crippen LogP contribution in [-0.4, -0.2) is 11.7 Å². The van der Waals surface area contributed by atoms with Crippen molar-refractivity contribution in [3.05, 3.63) is 65.4 Å². The molecule has 0 radical (unpaired) electrons. The summed E-state index contributed by atoms with van der Waals surface area (Å²) < 4.78 is 7.68. The van der Waals surface area contributed by atoms with Gasteiger partial charge in [-0.2, -0.15) is 0 Å². The first-order chi connectivity index (χ1) is 10.2. The average molecular weight is 280 g/mol. The van der Waals surface area contributed by atoms with Gasteiger partial charge in [-0.05, 0) is 36.2 Å². The third-order valence-electron chi connectivity index (χ3n) is 3.96. The van der Waals surface area contributed by atoms with Gasteiger partial charge in [0.15, 0.2) is 0 Å². The predicted molar refractivity (Wildman–Crippen MR) is 86.7 cm³/mol. The van der Waals surface area contributed by atoms with E-state index in [1.54, 1.807) is 7.11 Å². The van der Waals surface area contributed by atoms with Gasteiger partial charge in [-0.25, -0.2) is 0 Å². The molecule has 0 unspecified atom stereocenters. The third-order valence-corrected chi connectivity index (χ3v) is 3.96. The molecular weight excluding hydrogens is 260 g/mol. The smallest absolute Gasteiger partial charge is 0.123 e. The number of rotatable bonds is 4. The van der Waals surface area contributed by atoms with Crippen molar-refractivity contribution >= 4 is 10.9 Å². The van der Waals surface area contributed by atoms with Gasteiger partial charge in [0.2, 0.25) is 0 Å². The summed E-state index contributed by atoms with van der Waals surface area (Å²) in [5.41, 5.74) is 10.5. The lowest BCUT2D eigenvalue weighted by Crippen LogP contribution is -2.03. The zero-order valence-corrected chi connectivity index (χ0v) is 12.5. The van der Waals surface area contributed by atoms with E-state index in [9.17, 15) is 0 Å². The van der Waals surface area contributed by atoms with E-state index in [0.29, 0.717) is 6.54 Å². The molecule has 0 amide bonds. The van der Waals surface area contributed by atoms with Crippen molar-refractivity contribution in [1.82, 2.24) is 4.57 Å². The molecule has 108 valence electrons. The van der Waals surface area contributed by atoms with E-state index in [1.807, 2.05) is 6.07 Å². The van der Waals surface area contributed by atoms with Crippen LogP contribution in [0.2, 0.25) is 0 Å². The minimum absolute atomic E-state index is 0.495. The van der Waals surface area contributed by atoms with E-state index in [1.165, 1.54) is 22.0 Å². The van der Waals surface area contributed by atoms with Crippen LogP contribution in [0.15, 0.2) is 48.7 Å². The number of ether oxygens (including phenoxy) is 1. The maximum Gasteiger partial charge on any atom is 0.123 e. The van der Waals surface area contributed by atoms with Crippen LogP contribution in [0.5, 0.6) is 5.75 Å². The molecular formula is C18H20N2O. The first-order valence-electron chi connectivity index (χ1n) is 7.13. The Morgan fingerprint density at radius 2 is 2.00 bits per heavy atom. The molecule has 0 spiro atoms. The highest BCUT2D eigenvalue weighted by molar-refractivity contribution is 5.83. The molecule has 0 aliphatic rings. The molecule has 3 aromatic rings. The zero-order chi connectivity index (χ0) is 14.8. The molecule has 3 heteroatoms. The van der Waals surface area contributed by atoms with E-state index in [-0.39, 0.29) is 0 Å². The number of methoxy groups -OCH3 is 1. The lowest BCUT2D eigenvalue weighted by molar-refractivity contribution is 0.409. The predicted octanol–water partition coefficient (Wildman–Crippen LogP) is 3.47. The van der Waals surface area contributed by atoms with Crippen LogP contribution >= 0.6 is 0 Å². The molecule has 0 bridgehead atoms. The Kier molecular flexibility index (Phi) is 3.67. The van der Waals surface area contributed by atoms with Crippen LogP contribution in [0, 0.1) is 6.92 Å². The van der Waals surface area contributed by atoms with E-state index < -0.39 is 0 Å². The molecule has 0 atom stereocenters. The highest BCUT2D eigenvalue weighted by atomic mass is 16.5. The second-order valence-corrected chi connectivity index (χ2v) is 5.30. The maximum atomic E-state index is 5.72. The van der Waals surface area contributed by atoms with E-state index in [2.05, 4.69) is 54.1 Å². The summed E-state index contributed by atoms with van der Waals surface area (Å²) in [6, 6.07) is 14.8. The molecule has 0 aliphatic carbocycles. The van der Waals surface area contributed by atoms with Gasteiger partial charge in [-0.1, -0.05) is 24.3 Å². The van der Waals surface area contributed by atoms with Gasteiger partial charge in [-0.15, -0.1) is 0 Å². The van der Waals surface area contributed by atoms with E-state index >= 15 is 0 Å². The Hall–Kier alpha value is -2.26. The number of nitrogens with zero attached hydrogens (tertiary/aromatic N) is 1. The summed E-state index contributed by atoms with van der Waals surface area (Å²) in [7, 11) is 1.69. The Morgan fingerprint density at radius 3 is 2.76 bits per heavy atom. The number of benzene rings is 2. The largest absolute Gasteiger partial charge is 0.496 e. The molecule has 2 N–H and O–H groups in total. The van der Waals surface area contributed by atoms with E-state index in [4.69, 9.17) is 10.5 Å². The monoisotopic (exact) mass is 280 g/mol. The molecule has 2 aromatic carbocycles. The third kappa shape index (κ3) is 2.52. The molecule has 0 saturated carbocycles. The number of hydrogen-bond acceptors (Lipinski definition) is 2. The number of aromatic nitrogens is 1. The van der Waals surface area contributed by atoms with E-state index in [0.717, 1.165) is 17.9 Å².